The Morgan fingerprint density at radius 3 is 2.52 bits per heavy atom. The molecule has 6 unspecified atom stereocenters. The van der Waals surface area contributed by atoms with Crippen molar-refractivity contribution in [3.63, 3.8) is 0 Å². The van der Waals surface area contributed by atoms with Gasteiger partial charge in [0.1, 0.15) is 0 Å². The first-order valence-electron chi connectivity index (χ1n) is 10.6. The van der Waals surface area contributed by atoms with Crippen molar-refractivity contribution in [3.8, 4) is 0 Å². The SMILES string of the molecule is CC12CCC3C(CC[C@H]4NC(=O)[C@H](S)CC34C)C1CCC2OC1CC1. The lowest BCUT2D eigenvalue weighted by atomic mass is 9.47. The van der Waals surface area contributed by atoms with Crippen molar-refractivity contribution >= 4 is 18.5 Å². The summed E-state index contributed by atoms with van der Waals surface area (Å²) in [5.41, 5.74) is 0.630. The molecule has 0 spiro atoms. The Balaban J connectivity index is 1.40. The molecule has 0 radical (unpaired) electrons. The molecule has 1 heterocycles. The Morgan fingerprint density at radius 1 is 1.00 bits per heavy atom. The lowest BCUT2D eigenvalue weighted by molar-refractivity contribution is -0.140. The highest BCUT2D eigenvalue weighted by atomic mass is 32.1. The molecule has 5 aliphatic rings. The number of hydrogen-bond donors (Lipinski definition) is 2. The first kappa shape index (κ1) is 16.9. The topological polar surface area (TPSA) is 38.3 Å². The minimum Gasteiger partial charge on any atom is -0.374 e. The number of carbonyl (C=O) groups excluding carboxylic acids is 1. The van der Waals surface area contributed by atoms with Gasteiger partial charge in [-0.2, -0.15) is 12.6 Å². The van der Waals surface area contributed by atoms with Gasteiger partial charge in [-0.3, -0.25) is 4.79 Å². The fourth-order valence-corrected chi connectivity index (χ4v) is 7.84. The summed E-state index contributed by atoms with van der Waals surface area (Å²) in [5, 5.41) is 3.19. The van der Waals surface area contributed by atoms with E-state index in [2.05, 4.69) is 31.8 Å². The number of rotatable bonds is 2. The van der Waals surface area contributed by atoms with Gasteiger partial charge < -0.3 is 10.1 Å². The summed E-state index contributed by atoms with van der Waals surface area (Å²) < 4.78 is 6.47. The zero-order valence-corrected chi connectivity index (χ0v) is 16.6. The van der Waals surface area contributed by atoms with Gasteiger partial charge in [0.15, 0.2) is 0 Å². The van der Waals surface area contributed by atoms with Crippen molar-refractivity contribution in [2.24, 2.45) is 28.6 Å². The van der Waals surface area contributed by atoms with Gasteiger partial charge >= 0.3 is 0 Å². The zero-order chi connectivity index (χ0) is 17.4. The molecule has 8 atom stereocenters. The largest absolute Gasteiger partial charge is 0.374 e. The molecule has 0 aromatic carbocycles. The number of thiol groups is 1. The van der Waals surface area contributed by atoms with Crippen LogP contribution >= 0.6 is 12.6 Å². The molecule has 0 aromatic rings. The van der Waals surface area contributed by atoms with E-state index >= 15 is 0 Å². The average molecular weight is 364 g/mol. The summed E-state index contributed by atoms with van der Waals surface area (Å²) in [5.74, 6) is 2.55. The number of amides is 1. The summed E-state index contributed by atoms with van der Waals surface area (Å²) in [7, 11) is 0. The van der Waals surface area contributed by atoms with E-state index in [4.69, 9.17) is 4.74 Å². The fraction of sp³-hybridized carbons (Fsp3) is 0.952. The minimum absolute atomic E-state index is 0.122. The van der Waals surface area contributed by atoms with Gasteiger partial charge in [-0.25, -0.2) is 0 Å². The fourth-order valence-electron chi connectivity index (χ4n) is 7.38. The highest BCUT2D eigenvalue weighted by Gasteiger charge is 2.61. The van der Waals surface area contributed by atoms with Crippen LogP contribution in [-0.4, -0.2) is 29.4 Å². The number of hydrogen-bond acceptors (Lipinski definition) is 3. The highest BCUT2D eigenvalue weighted by molar-refractivity contribution is 7.81. The predicted octanol–water partition coefficient (Wildman–Crippen LogP) is 3.96. The molecule has 4 saturated carbocycles. The molecule has 3 nitrogen and oxygen atoms in total. The summed E-state index contributed by atoms with van der Waals surface area (Å²) in [6.07, 6.45) is 12.3. The van der Waals surface area contributed by atoms with Crippen LogP contribution in [0.5, 0.6) is 0 Å². The molecule has 4 heteroatoms. The highest BCUT2D eigenvalue weighted by Crippen LogP contribution is 2.64. The number of fused-ring (bicyclic) bond motifs is 5. The standard InChI is InChI=1S/C21H33NO2S/c1-20-10-9-15-13(14(20)6-8-18(20)24-12-3-4-12)5-7-17-21(15,2)11-16(25)19(23)22-17/h12-18,25H,3-11H2,1-2H3,(H,22,23)/t13?,14?,15?,16-,17-,18?,20?,21?/m1/s1. The van der Waals surface area contributed by atoms with Crippen molar-refractivity contribution in [2.45, 2.75) is 95.1 Å². The molecule has 5 rings (SSSR count). The number of ether oxygens (including phenoxy) is 1. The van der Waals surface area contributed by atoms with Crippen LogP contribution in [0.2, 0.25) is 0 Å². The van der Waals surface area contributed by atoms with E-state index in [0.717, 1.165) is 30.6 Å². The maximum atomic E-state index is 12.1. The first-order chi connectivity index (χ1) is 11.9. The van der Waals surface area contributed by atoms with Crippen LogP contribution in [0, 0.1) is 28.6 Å². The normalized spacial score (nSPS) is 55.1. The van der Waals surface area contributed by atoms with Crippen LogP contribution in [0.25, 0.3) is 0 Å². The maximum absolute atomic E-state index is 12.1. The summed E-state index contributed by atoms with van der Waals surface area (Å²) in [4.78, 5) is 12.1. The van der Waals surface area contributed by atoms with Crippen LogP contribution in [0.3, 0.4) is 0 Å². The molecule has 1 aliphatic heterocycles. The molecule has 5 fully saturated rings. The molecule has 0 bridgehead atoms. The molecular formula is C21H33NO2S. The number of carbonyl (C=O) groups is 1. The Labute approximate surface area is 157 Å². The molecule has 1 N–H and O–H groups in total. The van der Waals surface area contributed by atoms with Gasteiger partial charge in [0, 0.05) is 6.04 Å². The second kappa shape index (κ2) is 5.64. The van der Waals surface area contributed by atoms with Crippen molar-refractivity contribution in [2.75, 3.05) is 0 Å². The van der Waals surface area contributed by atoms with Gasteiger partial charge in [-0.15, -0.1) is 0 Å². The summed E-state index contributed by atoms with van der Waals surface area (Å²) >= 11 is 4.60. The smallest absolute Gasteiger partial charge is 0.233 e. The Morgan fingerprint density at radius 2 is 1.76 bits per heavy atom. The van der Waals surface area contributed by atoms with Crippen molar-refractivity contribution in [1.82, 2.24) is 5.32 Å². The maximum Gasteiger partial charge on any atom is 0.233 e. The third kappa shape index (κ3) is 2.46. The van der Waals surface area contributed by atoms with E-state index in [1.165, 1.54) is 44.9 Å². The molecule has 1 saturated heterocycles. The lowest BCUT2D eigenvalue weighted by Crippen LogP contribution is -2.63. The van der Waals surface area contributed by atoms with Crippen molar-refractivity contribution in [3.05, 3.63) is 0 Å². The third-order valence-corrected chi connectivity index (χ3v) is 9.33. The van der Waals surface area contributed by atoms with Crippen LogP contribution in [0.15, 0.2) is 0 Å². The molecule has 1 amide bonds. The van der Waals surface area contributed by atoms with Crippen molar-refractivity contribution in [1.29, 1.82) is 0 Å². The average Bonchev–Trinajstić information content (AvgIpc) is 3.32. The van der Waals surface area contributed by atoms with Gasteiger partial charge in [0.25, 0.3) is 0 Å². The van der Waals surface area contributed by atoms with E-state index in [-0.39, 0.29) is 16.6 Å². The third-order valence-electron chi connectivity index (χ3n) is 8.92. The number of nitrogens with one attached hydrogen (secondary N) is 1. The summed E-state index contributed by atoms with van der Waals surface area (Å²) in [6.45, 7) is 4.99. The Bertz CT molecular complexity index is 578. The molecule has 0 aromatic heterocycles. The van der Waals surface area contributed by atoms with Gasteiger partial charge in [0.05, 0.1) is 17.5 Å². The van der Waals surface area contributed by atoms with E-state index < -0.39 is 0 Å². The molecular weight excluding hydrogens is 330 g/mol. The van der Waals surface area contributed by atoms with Gasteiger partial charge in [-0.05, 0) is 86.4 Å². The van der Waals surface area contributed by atoms with Gasteiger partial charge in [0.2, 0.25) is 5.91 Å². The van der Waals surface area contributed by atoms with Crippen LogP contribution < -0.4 is 5.32 Å². The summed E-state index contributed by atoms with van der Waals surface area (Å²) in [6, 6.07) is 0.369. The lowest BCUT2D eigenvalue weighted by Gasteiger charge is -2.60. The monoisotopic (exact) mass is 363 g/mol. The van der Waals surface area contributed by atoms with Crippen molar-refractivity contribution < 1.29 is 9.53 Å². The van der Waals surface area contributed by atoms with E-state index in [9.17, 15) is 4.79 Å². The van der Waals surface area contributed by atoms with E-state index in [1.807, 2.05) is 0 Å². The van der Waals surface area contributed by atoms with E-state index in [1.54, 1.807) is 0 Å². The zero-order valence-electron chi connectivity index (χ0n) is 15.7. The molecule has 4 aliphatic carbocycles. The first-order valence-corrected chi connectivity index (χ1v) is 11.1. The van der Waals surface area contributed by atoms with Gasteiger partial charge in [-0.1, -0.05) is 13.8 Å². The quantitative estimate of drug-likeness (QED) is 0.729. The predicted molar refractivity (Wildman–Crippen MR) is 102 cm³/mol. The number of piperidine rings is 1. The van der Waals surface area contributed by atoms with Crippen LogP contribution in [0.4, 0.5) is 0 Å². The Hall–Kier alpha value is -0.220. The van der Waals surface area contributed by atoms with E-state index in [0.29, 0.717) is 23.7 Å². The van der Waals surface area contributed by atoms with Crippen LogP contribution in [0.1, 0.15) is 71.6 Å². The molecule has 140 valence electrons. The molecule has 25 heavy (non-hydrogen) atoms. The van der Waals surface area contributed by atoms with Crippen LogP contribution in [-0.2, 0) is 9.53 Å². The Kier molecular flexibility index (Phi) is 3.82. The second-order valence-electron chi connectivity index (χ2n) is 10.2. The minimum atomic E-state index is -0.122. The second-order valence-corrected chi connectivity index (χ2v) is 10.8.